The van der Waals surface area contributed by atoms with E-state index in [0.29, 0.717) is 29.4 Å². The second-order valence-electron chi connectivity index (χ2n) is 3.31. The van der Waals surface area contributed by atoms with Crippen LogP contribution in [0.5, 0.6) is 0 Å². The Balaban J connectivity index is 2.20. The number of aliphatic hydroxyl groups is 2. The van der Waals surface area contributed by atoms with E-state index in [9.17, 15) is 15.0 Å². The molecule has 1 aliphatic heterocycles. The molecule has 1 aliphatic rings. The largest absolute Gasteiger partial charge is 0.389 e. The van der Waals surface area contributed by atoms with Crippen LogP contribution in [0.1, 0.15) is 9.67 Å². The van der Waals surface area contributed by atoms with Crippen molar-refractivity contribution in [3.05, 3.63) is 10.0 Å². The summed E-state index contributed by atoms with van der Waals surface area (Å²) in [6, 6.07) is 0. The van der Waals surface area contributed by atoms with Crippen molar-refractivity contribution in [2.75, 3.05) is 18.0 Å². The molecule has 0 saturated carbocycles. The highest BCUT2D eigenvalue weighted by atomic mass is 35.5. The van der Waals surface area contributed by atoms with Gasteiger partial charge in [0.2, 0.25) is 0 Å². The minimum absolute atomic E-state index is 0.167. The Hall–Kier alpha value is -0.690. The van der Waals surface area contributed by atoms with Gasteiger partial charge in [0.25, 0.3) is 0 Å². The van der Waals surface area contributed by atoms with E-state index in [4.69, 9.17) is 11.6 Å². The van der Waals surface area contributed by atoms with Crippen LogP contribution in [0.2, 0.25) is 5.15 Å². The van der Waals surface area contributed by atoms with Gasteiger partial charge in [0.05, 0.1) is 12.2 Å². The molecule has 0 aliphatic carbocycles. The molecular formula is C8H9ClN2O3S. The molecule has 5 nitrogen and oxygen atoms in total. The number of carbonyl (C=O) groups is 1. The SMILES string of the molecule is O=Cc1sc(N2C[C@@H](O)[C@@H](O)C2)nc1Cl. The molecule has 2 rings (SSSR count). The number of aliphatic hydroxyl groups excluding tert-OH is 2. The number of aromatic nitrogens is 1. The number of anilines is 1. The van der Waals surface area contributed by atoms with E-state index in [1.54, 1.807) is 4.90 Å². The van der Waals surface area contributed by atoms with Gasteiger partial charge in [-0.3, -0.25) is 4.79 Å². The number of hydrogen-bond acceptors (Lipinski definition) is 6. The predicted octanol–water partition coefficient (Wildman–Crippen LogP) is 0.151. The van der Waals surface area contributed by atoms with Crippen molar-refractivity contribution in [1.29, 1.82) is 0 Å². The van der Waals surface area contributed by atoms with Gasteiger partial charge >= 0.3 is 0 Å². The zero-order valence-corrected chi connectivity index (χ0v) is 9.20. The second kappa shape index (κ2) is 4.05. The molecule has 2 N–H and O–H groups in total. The maximum Gasteiger partial charge on any atom is 0.187 e. The molecule has 1 aromatic heterocycles. The third-order valence-corrected chi connectivity index (χ3v) is 3.68. The van der Waals surface area contributed by atoms with Crippen molar-refractivity contribution in [2.24, 2.45) is 0 Å². The summed E-state index contributed by atoms with van der Waals surface area (Å²) in [5, 5.41) is 19.4. The summed E-state index contributed by atoms with van der Waals surface area (Å²) in [4.78, 5) is 16.6. The Morgan fingerprint density at radius 1 is 1.47 bits per heavy atom. The molecule has 0 radical (unpaired) electrons. The van der Waals surface area contributed by atoms with Gasteiger partial charge in [-0.15, -0.1) is 0 Å². The highest BCUT2D eigenvalue weighted by Gasteiger charge is 2.31. The fraction of sp³-hybridized carbons (Fsp3) is 0.500. The molecule has 0 unspecified atom stereocenters. The van der Waals surface area contributed by atoms with Crippen LogP contribution in [0.15, 0.2) is 0 Å². The van der Waals surface area contributed by atoms with Gasteiger partial charge in [-0.05, 0) is 0 Å². The monoisotopic (exact) mass is 248 g/mol. The first kappa shape index (κ1) is 10.8. The molecule has 0 amide bonds. The van der Waals surface area contributed by atoms with Crippen LogP contribution < -0.4 is 4.90 Å². The quantitative estimate of drug-likeness (QED) is 0.729. The second-order valence-corrected chi connectivity index (χ2v) is 4.68. The summed E-state index contributed by atoms with van der Waals surface area (Å²) in [6.07, 6.45) is -0.897. The number of nitrogens with zero attached hydrogens (tertiary/aromatic N) is 2. The summed E-state index contributed by atoms with van der Waals surface area (Å²) in [5.41, 5.74) is 0. The van der Waals surface area contributed by atoms with Crippen molar-refractivity contribution >= 4 is 34.4 Å². The molecule has 2 atom stereocenters. The standard InChI is InChI=1S/C8H9ClN2O3S/c9-7-6(3-12)15-8(10-7)11-1-4(13)5(14)2-11/h3-5,13-14H,1-2H2/t4-,5+. The number of rotatable bonds is 2. The van der Waals surface area contributed by atoms with E-state index in [1.807, 2.05) is 0 Å². The highest BCUT2D eigenvalue weighted by Crippen LogP contribution is 2.30. The molecule has 1 aromatic rings. The first-order valence-corrected chi connectivity index (χ1v) is 5.54. The van der Waals surface area contributed by atoms with Crippen LogP contribution >= 0.6 is 22.9 Å². The molecule has 82 valence electrons. The van der Waals surface area contributed by atoms with Gasteiger partial charge in [-0.25, -0.2) is 4.98 Å². The third-order valence-electron chi connectivity index (χ3n) is 2.23. The fourth-order valence-corrected chi connectivity index (χ4v) is 2.52. The lowest BCUT2D eigenvalue weighted by atomic mass is 10.3. The molecule has 0 spiro atoms. The minimum atomic E-state index is -0.771. The molecule has 1 fully saturated rings. The lowest BCUT2D eigenvalue weighted by Crippen LogP contribution is -2.22. The van der Waals surface area contributed by atoms with E-state index < -0.39 is 12.2 Å². The number of β-amino-alcohol motifs (C(OH)–C–C–N with tert-alkyl or cyclic N) is 2. The van der Waals surface area contributed by atoms with Gasteiger partial charge in [-0.2, -0.15) is 0 Å². The maximum atomic E-state index is 10.6. The van der Waals surface area contributed by atoms with Crippen molar-refractivity contribution in [3.8, 4) is 0 Å². The first-order chi connectivity index (χ1) is 7.11. The van der Waals surface area contributed by atoms with Crippen molar-refractivity contribution in [1.82, 2.24) is 4.98 Å². The predicted molar refractivity (Wildman–Crippen MR) is 56.7 cm³/mol. The number of carbonyl (C=O) groups excluding carboxylic acids is 1. The number of hydrogen-bond donors (Lipinski definition) is 2. The van der Waals surface area contributed by atoms with E-state index in [2.05, 4.69) is 4.98 Å². The summed E-state index contributed by atoms with van der Waals surface area (Å²) in [7, 11) is 0. The van der Waals surface area contributed by atoms with E-state index >= 15 is 0 Å². The molecule has 7 heteroatoms. The van der Waals surface area contributed by atoms with Crippen molar-refractivity contribution in [2.45, 2.75) is 12.2 Å². The zero-order chi connectivity index (χ0) is 11.0. The van der Waals surface area contributed by atoms with Crippen LogP contribution in [-0.2, 0) is 0 Å². The highest BCUT2D eigenvalue weighted by molar-refractivity contribution is 7.17. The Kier molecular flexibility index (Phi) is 2.92. The van der Waals surface area contributed by atoms with Gasteiger partial charge < -0.3 is 15.1 Å². The summed E-state index contributed by atoms with van der Waals surface area (Å²) >= 11 is 6.87. The van der Waals surface area contributed by atoms with Gasteiger partial charge in [0.1, 0.15) is 4.88 Å². The van der Waals surface area contributed by atoms with Gasteiger partial charge in [0, 0.05) is 13.1 Å². The lowest BCUT2D eigenvalue weighted by molar-refractivity contribution is 0.0572. The minimum Gasteiger partial charge on any atom is -0.389 e. The molecule has 0 bridgehead atoms. The topological polar surface area (TPSA) is 73.7 Å². The van der Waals surface area contributed by atoms with E-state index in [0.717, 1.165) is 11.3 Å². The van der Waals surface area contributed by atoms with Gasteiger partial charge in [0.15, 0.2) is 16.6 Å². The summed E-state index contributed by atoms with van der Waals surface area (Å²) in [5.74, 6) is 0. The molecule has 15 heavy (non-hydrogen) atoms. The van der Waals surface area contributed by atoms with Crippen LogP contribution in [0, 0.1) is 0 Å². The van der Waals surface area contributed by atoms with E-state index in [1.165, 1.54) is 0 Å². The Labute approximate surface area is 94.9 Å². The number of aldehydes is 1. The average molecular weight is 249 g/mol. The molecule has 1 saturated heterocycles. The van der Waals surface area contributed by atoms with Crippen LogP contribution in [-0.4, -0.2) is 46.8 Å². The Bertz CT molecular complexity index is 374. The number of halogens is 1. The van der Waals surface area contributed by atoms with Crippen LogP contribution in [0.4, 0.5) is 5.13 Å². The fourth-order valence-electron chi connectivity index (χ4n) is 1.44. The smallest absolute Gasteiger partial charge is 0.187 e. The van der Waals surface area contributed by atoms with E-state index in [-0.39, 0.29) is 5.15 Å². The van der Waals surface area contributed by atoms with Crippen LogP contribution in [0.25, 0.3) is 0 Å². The molecular weight excluding hydrogens is 240 g/mol. The van der Waals surface area contributed by atoms with Gasteiger partial charge in [-0.1, -0.05) is 22.9 Å². The summed E-state index contributed by atoms with van der Waals surface area (Å²) < 4.78 is 0. The Morgan fingerprint density at radius 3 is 2.53 bits per heavy atom. The molecule has 0 aromatic carbocycles. The van der Waals surface area contributed by atoms with Crippen molar-refractivity contribution < 1.29 is 15.0 Å². The van der Waals surface area contributed by atoms with Crippen LogP contribution in [0.3, 0.4) is 0 Å². The normalized spacial score (nSPS) is 25.9. The lowest BCUT2D eigenvalue weighted by Gasteiger charge is -2.12. The molecule has 2 heterocycles. The maximum absolute atomic E-state index is 10.6. The number of thiazole rings is 1. The average Bonchev–Trinajstić information content (AvgIpc) is 2.71. The summed E-state index contributed by atoms with van der Waals surface area (Å²) in [6.45, 7) is 0.618. The first-order valence-electron chi connectivity index (χ1n) is 4.34. The zero-order valence-electron chi connectivity index (χ0n) is 7.63. The van der Waals surface area contributed by atoms with Crippen molar-refractivity contribution in [3.63, 3.8) is 0 Å². The Morgan fingerprint density at radius 2 is 2.07 bits per heavy atom. The third kappa shape index (κ3) is 1.98.